The molecule has 0 aliphatic carbocycles. The molecule has 120 valence electrons. The second-order valence-corrected chi connectivity index (χ2v) is 5.63. The van der Waals surface area contributed by atoms with Crippen LogP contribution in [0.4, 0.5) is 4.39 Å². The van der Waals surface area contributed by atoms with Crippen LogP contribution < -0.4 is 5.73 Å². The molecular weight excluding hydrogens is 305 g/mol. The van der Waals surface area contributed by atoms with E-state index in [0.29, 0.717) is 11.8 Å². The van der Waals surface area contributed by atoms with E-state index in [0.717, 1.165) is 37.4 Å². The molecule has 2 aromatic rings. The molecule has 1 aromatic heterocycles. The molecule has 0 bridgehead atoms. The number of rotatable bonds is 4. The van der Waals surface area contributed by atoms with Crippen LogP contribution in [0.15, 0.2) is 34.9 Å². The molecule has 1 fully saturated rings. The lowest BCUT2D eigenvalue weighted by Crippen LogP contribution is -2.37. The summed E-state index contributed by atoms with van der Waals surface area (Å²) in [6.45, 7) is 3.63. The van der Waals surface area contributed by atoms with Gasteiger partial charge in [0.2, 0.25) is 5.89 Å². The van der Waals surface area contributed by atoms with Gasteiger partial charge in [0.25, 0.3) is 0 Å². The van der Waals surface area contributed by atoms with Gasteiger partial charge in [-0.3, -0.25) is 4.90 Å². The number of hydrogen-bond acceptors (Lipinski definition) is 4. The van der Waals surface area contributed by atoms with Crippen molar-refractivity contribution in [2.45, 2.75) is 19.4 Å². The highest BCUT2D eigenvalue weighted by Gasteiger charge is 2.19. The monoisotopic (exact) mass is 325 g/mol. The molecule has 2 heterocycles. The molecule has 3 rings (SSSR count). The highest BCUT2D eigenvalue weighted by molar-refractivity contribution is 5.85. The van der Waals surface area contributed by atoms with Gasteiger partial charge in [0.1, 0.15) is 12.1 Å². The molecule has 0 amide bonds. The summed E-state index contributed by atoms with van der Waals surface area (Å²) in [4.78, 5) is 6.86. The molecule has 2 N–H and O–H groups in total. The van der Waals surface area contributed by atoms with Gasteiger partial charge < -0.3 is 10.2 Å². The Hall–Kier alpha value is -1.43. The summed E-state index contributed by atoms with van der Waals surface area (Å²) in [6.07, 6.45) is 4.09. The van der Waals surface area contributed by atoms with Crippen LogP contribution in [-0.4, -0.2) is 29.5 Å². The molecular formula is C16H21ClFN3O. The van der Waals surface area contributed by atoms with Crippen molar-refractivity contribution in [3.05, 3.63) is 42.0 Å². The third-order valence-corrected chi connectivity index (χ3v) is 3.96. The Labute approximate surface area is 135 Å². The maximum Gasteiger partial charge on any atom is 0.226 e. The topological polar surface area (TPSA) is 55.3 Å². The largest absolute Gasteiger partial charge is 0.444 e. The molecule has 1 saturated heterocycles. The van der Waals surface area contributed by atoms with Gasteiger partial charge in [0, 0.05) is 18.7 Å². The summed E-state index contributed by atoms with van der Waals surface area (Å²) >= 11 is 0. The predicted octanol–water partition coefficient (Wildman–Crippen LogP) is 3.07. The quantitative estimate of drug-likeness (QED) is 0.938. The number of likely N-dealkylation sites (tertiary alicyclic amines) is 1. The lowest BCUT2D eigenvalue weighted by atomic mass is 9.98. The molecule has 1 unspecified atom stereocenters. The number of piperidine rings is 1. The van der Waals surface area contributed by atoms with E-state index < -0.39 is 0 Å². The summed E-state index contributed by atoms with van der Waals surface area (Å²) in [5, 5.41) is 0. The Morgan fingerprint density at radius 1 is 1.32 bits per heavy atom. The first kappa shape index (κ1) is 16.9. The fraction of sp³-hybridized carbons (Fsp3) is 0.438. The molecule has 6 heteroatoms. The van der Waals surface area contributed by atoms with Gasteiger partial charge >= 0.3 is 0 Å². The van der Waals surface area contributed by atoms with Crippen LogP contribution in [-0.2, 0) is 6.54 Å². The zero-order chi connectivity index (χ0) is 14.7. The van der Waals surface area contributed by atoms with Crippen molar-refractivity contribution < 1.29 is 8.81 Å². The Bertz CT molecular complexity index is 587. The maximum absolute atomic E-state index is 12.9. The lowest BCUT2D eigenvalue weighted by Gasteiger charge is -2.31. The normalized spacial score (nSPS) is 18.9. The average molecular weight is 326 g/mol. The fourth-order valence-electron chi connectivity index (χ4n) is 2.82. The van der Waals surface area contributed by atoms with Crippen molar-refractivity contribution in [3.63, 3.8) is 0 Å². The van der Waals surface area contributed by atoms with Gasteiger partial charge in [0.15, 0.2) is 0 Å². The van der Waals surface area contributed by atoms with Crippen LogP contribution in [0.3, 0.4) is 0 Å². The number of oxazole rings is 1. The van der Waals surface area contributed by atoms with Crippen molar-refractivity contribution in [1.29, 1.82) is 0 Å². The Morgan fingerprint density at radius 3 is 2.82 bits per heavy atom. The molecule has 1 aromatic carbocycles. The molecule has 0 saturated carbocycles. The highest BCUT2D eigenvalue weighted by Crippen LogP contribution is 2.21. The summed E-state index contributed by atoms with van der Waals surface area (Å²) in [6, 6.07) is 6.18. The summed E-state index contributed by atoms with van der Waals surface area (Å²) in [5.74, 6) is 0.867. The first-order valence-electron chi connectivity index (χ1n) is 7.37. The van der Waals surface area contributed by atoms with Crippen molar-refractivity contribution in [2.24, 2.45) is 11.7 Å². The van der Waals surface area contributed by atoms with E-state index in [4.69, 9.17) is 10.2 Å². The molecule has 1 aliphatic rings. The van der Waals surface area contributed by atoms with E-state index in [2.05, 4.69) is 9.88 Å². The number of halogens is 2. The summed E-state index contributed by atoms with van der Waals surface area (Å²) in [7, 11) is 0. The molecule has 0 radical (unpaired) electrons. The zero-order valence-corrected chi connectivity index (χ0v) is 13.2. The van der Waals surface area contributed by atoms with Crippen molar-refractivity contribution in [2.75, 3.05) is 19.6 Å². The molecule has 1 atom stereocenters. The van der Waals surface area contributed by atoms with Crippen molar-refractivity contribution in [3.8, 4) is 11.5 Å². The molecule has 4 nitrogen and oxygen atoms in total. The van der Waals surface area contributed by atoms with E-state index in [9.17, 15) is 4.39 Å². The van der Waals surface area contributed by atoms with Crippen LogP contribution in [0, 0.1) is 11.7 Å². The van der Waals surface area contributed by atoms with Crippen molar-refractivity contribution in [1.82, 2.24) is 9.88 Å². The van der Waals surface area contributed by atoms with Crippen LogP contribution in [0.25, 0.3) is 11.5 Å². The van der Waals surface area contributed by atoms with Crippen LogP contribution in [0.1, 0.15) is 18.5 Å². The van der Waals surface area contributed by atoms with Gasteiger partial charge in [-0.2, -0.15) is 0 Å². The standard InChI is InChI=1S/C16H20FN3O.ClH/c17-14-5-3-13(4-6-14)16-19-15(11-21-16)10-20-7-1-2-12(8-18)9-20;/h3-6,11-12H,1-2,7-10,18H2;1H. The van der Waals surface area contributed by atoms with Gasteiger partial charge in [-0.05, 0) is 56.1 Å². The Morgan fingerprint density at radius 2 is 2.09 bits per heavy atom. The van der Waals surface area contributed by atoms with E-state index >= 15 is 0 Å². The highest BCUT2D eigenvalue weighted by atomic mass is 35.5. The third-order valence-electron chi connectivity index (χ3n) is 3.96. The number of hydrogen-bond donors (Lipinski definition) is 1. The van der Waals surface area contributed by atoms with E-state index in [1.54, 1.807) is 18.4 Å². The second kappa shape index (κ2) is 7.72. The number of aromatic nitrogens is 1. The van der Waals surface area contributed by atoms with Crippen molar-refractivity contribution >= 4 is 12.4 Å². The molecule has 0 spiro atoms. The van der Waals surface area contributed by atoms with E-state index in [1.165, 1.54) is 25.0 Å². The SMILES string of the molecule is Cl.NCC1CCCN(Cc2coc(-c3ccc(F)cc3)n2)C1. The minimum absolute atomic E-state index is 0. The van der Waals surface area contributed by atoms with Gasteiger partial charge in [-0.15, -0.1) is 12.4 Å². The average Bonchev–Trinajstić information content (AvgIpc) is 2.96. The zero-order valence-electron chi connectivity index (χ0n) is 12.4. The predicted molar refractivity (Wildman–Crippen MR) is 86.2 cm³/mol. The number of nitrogens with zero attached hydrogens (tertiary/aromatic N) is 2. The summed E-state index contributed by atoms with van der Waals surface area (Å²) < 4.78 is 18.4. The van der Waals surface area contributed by atoms with Gasteiger partial charge in [0.05, 0.1) is 5.69 Å². The van der Waals surface area contributed by atoms with Crippen LogP contribution in [0.5, 0.6) is 0 Å². The second-order valence-electron chi connectivity index (χ2n) is 5.63. The van der Waals surface area contributed by atoms with E-state index in [1.807, 2.05) is 0 Å². The Balaban J connectivity index is 0.00000176. The van der Waals surface area contributed by atoms with E-state index in [-0.39, 0.29) is 18.2 Å². The first-order valence-corrected chi connectivity index (χ1v) is 7.37. The van der Waals surface area contributed by atoms with Crippen LogP contribution in [0.2, 0.25) is 0 Å². The minimum atomic E-state index is -0.258. The minimum Gasteiger partial charge on any atom is -0.444 e. The Kier molecular flexibility index (Phi) is 5.94. The number of benzene rings is 1. The van der Waals surface area contributed by atoms with Crippen LogP contribution >= 0.6 is 12.4 Å². The maximum atomic E-state index is 12.9. The summed E-state index contributed by atoms with van der Waals surface area (Å²) in [5.41, 5.74) is 7.46. The molecule has 1 aliphatic heterocycles. The fourth-order valence-corrected chi connectivity index (χ4v) is 2.82. The van der Waals surface area contributed by atoms with Gasteiger partial charge in [-0.25, -0.2) is 9.37 Å². The lowest BCUT2D eigenvalue weighted by molar-refractivity contribution is 0.169. The van der Waals surface area contributed by atoms with Gasteiger partial charge in [-0.1, -0.05) is 0 Å². The molecule has 22 heavy (non-hydrogen) atoms. The number of nitrogens with two attached hydrogens (primary N) is 1. The smallest absolute Gasteiger partial charge is 0.226 e. The third kappa shape index (κ3) is 4.06. The first-order chi connectivity index (χ1) is 10.2.